The number of ether oxygens (including phenoxy) is 2. The number of nitrogens with zero attached hydrogens (tertiary/aromatic N) is 1. The molecule has 0 spiro atoms. The van der Waals surface area contributed by atoms with Crippen LogP contribution in [0.3, 0.4) is 0 Å². The Labute approximate surface area is 192 Å². The minimum atomic E-state index is -0.994. The molecule has 174 valence electrons. The van der Waals surface area contributed by atoms with Gasteiger partial charge in [0.2, 0.25) is 5.91 Å². The first-order valence-corrected chi connectivity index (χ1v) is 11.1. The van der Waals surface area contributed by atoms with Crippen molar-refractivity contribution >= 4 is 18.0 Å². The molecular formula is C25H28N2O6. The molecule has 1 aliphatic heterocycles. The summed E-state index contributed by atoms with van der Waals surface area (Å²) in [5, 5.41) is 11.9. The van der Waals surface area contributed by atoms with Crippen molar-refractivity contribution in [2.45, 2.75) is 37.3 Å². The van der Waals surface area contributed by atoms with E-state index in [9.17, 15) is 19.5 Å². The third-order valence-corrected chi connectivity index (χ3v) is 6.41. The molecule has 1 saturated heterocycles. The van der Waals surface area contributed by atoms with Crippen LogP contribution in [0.25, 0.3) is 11.1 Å². The fourth-order valence-corrected chi connectivity index (χ4v) is 4.72. The van der Waals surface area contributed by atoms with Crippen molar-refractivity contribution in [1.82, 2.24) is 10.2 Å². The molecule has 1 heterocycles. The van der Waals surface area contributed by atoms with Crippen LogP contribution in [0.2, 0.25) is 0 Å². The third kappa shape index (κ3) is 4.85. The fraction of sp³-hybridized carbons (Fsp3) is 0.400. The van der Waals surface area contributed by atoms with Gasteiger partial charge in [-0.3, -0.25) is 4.79 Å². The summed E-state index contributed by atoms with van der Waals surface area (Å²) < 4.78 is 10.8. The summed E-state index contributed by atoms with van der Waals surface area (Å²) in [7, 11) is 1.45. The van der Waals surface area contributed by atoms with Gasteiger partial charge in [0, 0.05) is 26.1 Å². The second-order valence-electron chi connectivity index (χ2n) is 8.35. The Balaban J connectivity index is 1.29. The van der Waals surface area contributed by atoms with Crippen molar-refractivity contribution in [3.8, 4) is 11.1 Å². The number of carboxylic acid groups (broad SMARTS) is 1. The van der Waals surface area contributed by atoms with Gasteiger partial charge < -0.3 is 24.8 Å². The van der Waals surface area contributed by atoms with Crippen molar-refractivity contribution in [2.24, 2.45) is 0 Å². The van der Waals surface area contributed by atoms with Crippen LogP contribution in [-0.4, -0.2) is 66.9 Å². The van der Waals surface area contributed by atoms with E-state index in [0.29, 0.717) is 19.4 Å². The van der Waals surface area contributed by atoms with Gasteiger partial charge in [-0.05, 0) is 35.1 Å². The molecule has 2 N–H and O–H groups in total. The quantitative estimate of drug-likeness (QED) is 0.638. The zero-order valence-electron chi connectivity index (χ0n) is 18.5. The smallest absolute Gasteiger partial charge is 0.407 e. The second-order valence-corrected chi connectivity index (χ2v) is 8.35. The van der Waals surface area contributed by atoms with Crippen LogP contribution in [-0.2, 0) is 19.1 Å². The molecule has 2 atom stereocenters. The SMILES string of the molecule is COC(CNC(=O)OCC1c2ccccc2-c2ccccc21)CC(=O)N1CCCC1C(=O)O. The van der Waals surface area contributed by atoms with E-state index in [2.05, 4.69) is 29.6 Å². The lowest BCUT2D eigenvalue weighted by Crippen LogP contribution is -2.43. The largest absolute Gasteiger partial charge is 0.480 e. The minimum absolute atomic E-state index is 0.00998. The molecular weight excluding hydrogens is 424 g/mol. The third-order valence-electron chi connectivity index (χ3n) is 6.41. The fourth-order valence-electron chi connectivity index (χ4n) is 4.72. The van der Waals surface area contributed by atoms with Crippen LogP contribution < -0.4 is 5.32 Å². The lowest BCUT2D eigenvalue weighted by Gasteiger charge is -2.24. The molecule has 0 bridgehead atoms. The van der Waals surface area contributed by atoms with Gasteiger partial charge in [0.05, 0.1) is 12.5 Å². The zero-order valence-corrected chi connectivity index (χ0v) is 18.5. The topological polar surface area (TPSA) is 105 Å². The zero-order chi connectivity index (χ0) is 23.4. The molecule has 4 rings (SSSR count). The average molecular weight is 453 g/mol. The highest BCUT2D eigenvalue weighted by molar-refractivity contribution is 5.84. The van der Waals surface area contributed by atoms with Crippen molar-refractivity contribution in [3.05, 3.63) is 59.7 Å². The summed E-state index contributed by atoms with van der Waals surface area (Å²) in [6.07, 6.45) is -0.0529. The maximum absolute atomic E-state index is 12.5. The first-order valence-electron chi connectivity index (χ1n) is 11.1. The van der Waals surface area contributed by atoms with Crippen LogP contribution in [0.4, 0.5) is 4.79 Å². The predicted molar refractivity (Wildman–Crippen MR) is 121 cm³/mol. The molecule has 1 aliphatic carbocycles. The molecule has 2 aromatic carbocycles. The number of benzene rings is 2. The van der Waals surface area contributed by atoms with E-state index in [4.69, 9.17) is 9.47 Å². The number of fused-ring (bicyclic) bond motifs is 3. The molecule has 2 aromatic rings. The number of methoxy groups -OCH3 is 1. The molecule has 33 heavy (non-hydrogen) atoms. The Kier molecular flexibility index (Phi) is 6.93. The predicted octanol–water partition coefficient (Wildman–Crippen LogP) is 3.01. The lowest BCUT2D eigenvalue weighted by atomic mass is 9.98. The number of hydrogen-bond donors (Lipinski definition) is 2. The number of nitrogens with one attached hydrogen (secondary N) is 1. The highest BCUT2D eigenvalue weighted by Crippen LogP contribution is 2.44. The number of hydrogen-bond acceptors (Lipinski definition) is 5. The van der Waals surface area contributed by atoms with Crippen LogP contribution in [0.15, 0.2) is 48.5 Å². The van der Waals surface area contributed by atoms with E-state index < -0.39 is 24.2 Å². The van der Waals surface area contributed by atoms with Crippen molar-refractivity contribution in [3.63, 3.8) is 0 Å². The number of aliphatic carboxylic acids is 1. The summed E-state index contributed by atoms with van der Waals surface area (Å²) in [4.78, 5) is 37.6. The van der Waals surface area contributed by atoms with Gasteiger partial charge in [0.15, 0.2) is 0 Å². The van der Waals surface area contributed by atoms with Gasteiger partial charge in [0.1, 0.15) is 12.6 Å². The summed E-state index contributed by atoms with van der Waals surface area (Å²) in [5.74, 6) is -1.32. The number of alkyl carbamates (subject to hydrolysis) is 1. The van der Waals surface area contributed by atoms with Gasteiger partial charge in [0.25, 0.3) is 0 Å². The van der Waals surface area contributed by atoms with Gasteiger partial charge in [-0.1, -0.05) is 48.5 Å². The Morgan fingerprint density at radius 3 is 2.33 bits per heavy atom. The van der Waals surface area contributed by atoms with E-state index in [-0.39, 0.29) is 31.4 Å². The van der Waals surface area contributed by atoms with Crippen molar-refractivity contribution in [1.29, 1.82) is 0 Å². The maximum atomic E-state index is 12.5. The standard InChI is InChI=1S/C25H28N2O6/c1-32-16(13-23(28)27-12-6-11-22(27)24(29)30)14-26-25(31)33-15-21-19-9-4-2-7-17(19)18-8-3-5-10-20(18)21/h2-5,7-10,16,21-22H,6,11-15H2,1H3,(H,26,31)(H,29,30). The van der Waals surface area contributed by atoms with E-state index in [1.807, 2.05) is 24.3 Å². The molecule has 8 nitrogen and oxygen atoms in total. The van der Waals surface area contributed by atoms with Gasteiger partial charge in [-0.2, -0.15) is 0 Å². The first-order chi connectivity index (χ1) is 16.0. The van der Waals surface area contributed by atoms with E-state index in [0.717, 1.165) is 22.3 Å². The number of carbonyl (C=O) groups excluding carboxylic acids is 2. The van der Waals surface area contributed by atoms with E-state index >= 15 is 0 Å². The Hall–Kier alpha value is -3.39. The lowest BCUT2D eigenvalue weighted by molar-refractivity contribution is -0.149. The molecule has 0 saturated carbocycles. The summed E-state index contributed by atoms with van der Waals surface area (Å²) in [6, 6.07) is 15.4. The number of amides is 2. The number of carboxylic acids is 1. The summed E-state index contributed by atoms with van der Waals surface area (Å²) >= 11 is 0. The van der Waals surface area contributed by atoms with Crippen LogP contribution in [0, 0.1) is 0 Å². The Bertz CT molecular complexity index is 994. The monoisotopic (exact) mass is 452 g/mol. The molecule has 2 aliphatic rings. The van der Waals surface area contributed by atoms with Crippen LogP contribution in [0.1, 0.15) is 36.3 Å². The summed E-state index contributed by atoms with van der Waals surface area (Å²) in [6.45, 7) is 0.709. The van der Waals surface area contributed by atoms with E-state index in [1.54, 1.807) is 0 Å². The molecule has 2 unspecified atom stereocenters. The molecule has 0 radical (unpaired) electrons. The van der Waals surface area contributed by atoms with Gasteiger partial charge in [-0.15, -0.1) is 0 Å². The number of rotatable bonds is 8. The average Bonchev–Trinajstić information content (AvgIpc) is 3.44. The molecule has 0 aromatic heterocycles. The Morgan fingerprint density at radius 2 is 1.73 bits per heavy atom. The van der Waals surface area contributed by atoms with Crippen LogP contribution >= 0.6 is 0 Å². The van der Waals surface area contributed by atoms with Gasteiger partial charge in [-0.25, -0.2) is 9.59 Å². The highest BCUT2D eigenvalue weighted by atomic mass is 16.5. The number of carbonyl (C=O) groups is 3. The number of likely N-dealkylation sites (tertiary alicyclic amines) is 1. The molecule has 8 heteroatoms. The Morgan fingerprint density at radius 1 is 1.09 bits per heavy atom. The molecule has 1 fully saturated rings. The van der Waals surface area contributed by atoms with Crippen LogP contribution in [0.5, 0.6) is 0 Å². The van der Waals surface area contributed by atoms with Crippen molar-refractivity contribution < 1.29 is 29.0 Å². The van der Waals surface area contributed by atoms with E-state index in [1.165, 1.54) is 12.0 Å². The normalized spacial score (nSPS) is 17.8. The second kappa shape index (κ2) is 10.0. The molecule has 2 amide bonds. The maximum Gasteiger partial charge on any atom is 0.407 e. The van der Waals surface area contributed by atoms with Crippen molar-refractivity contribution in [2.75, 3.05) is 26.8 Å². The minimum Gasteiger partial charge on any atom is -0.480 e. The summed E-state index contributed by atoms with van der Waals surface area (Å²) in [5.41, 5.74) is 4.57. The highest BCUT2D eigenvalue weighted by Gasteiger charge is 2.35. The first kappa shape index (κ1) is 22.8. The van der Waals surface area contributed by atoms with Gasteiger partial charge >= 0.3 is 12.1 Å².